The second-order valence-corrected chi connectivity index (χ2v) is 14.9. The molecular formula is C52H28F5N3. The monoisotopic (exact) mass is 789 g/mol. The van der Waals surface area contributed by atoms with E-state index >= 15 is 0 Å². The molecule has 60 heavy (non-hydrogen) atoms. The third-order valence-electron chi connectivity index (χ3n) is 11.6. The van der Waals surface area contributed by atoms with E-state index < -0.39 is 34.6 Å². The van der Waals surface area contributed by atoms with E-state index in [2.05, 4.69) is 78.9 Å². The molecule has 0 spiro atoms. The Hall–Kier alpha value is -7.58. The van der Waals surface area contributed by atoms with Crippen LogP contribution in [0.1, 0.15) is 11.1 Å². The Bertz CT molecular complexity index is 3380. The molecule has 1 aliphatic rings. The van der Waals surface area contributed by atoms with Crippen molar-refractivity contribution in [1.82, 2.24) is 15.0 Å². The molecule has 0 saturated heterocycles. The Morgan fingerprint density at radius 3 is 1.63 bits per heavy atom. The van der Waals surface area contributed by atoms with Gasteiger partial charge < -0.3 is 0 Å². The fourth-order valence-corrected chi connectivity index (χ4v) is 8.77. The van der Waals surface area contributed by atoms with E-state index in [1.54, 1.807) is 0 Å². The minimum absolute atomic E-state index is 0.193. The van der Waals surface area contributed by atoms with E-state index in [0.29, 0.717) is 23.6 Å². The molecule has 0 N–H and O–H groups in total. The van der Waals surface area contributed by atoms with E-state index in [1.807, 2.05) is 54.6 Å². The summed E-state index contributed by atoms with van der Waals surface area (Å²) >= 11 is 0. The van der Waals surface area contributed by atoms with Gasteiger partial charge in [-0.25, -0.2) is 36.9 Å². The van der Waals surface area contributed by atoms with Gasteiger partial charge in [-0.15, -0.1) is 0 Å². The lowest BCUT2D eigenvalue weighted by Crippen LogP contribution is -2.04. The summed E-state index contributed by atoms with van der Waals surface area (Å²) in [6, 6.07) is 51.1. The lowest BCUT2D eigenvalue weighted by Gasteiger charge is -2.17. The summed E-state index contributed by atoms with van der Waals surface area (Å²) < 4.78 is 72.2. The molecule has 0 unspecified atom stereocenters. The van der Waals surface area contributed by atoms with Gasteiger partial charge >= 0.3 is 0 Å². The Kier molecular flexibility index (Phi) is 8.17. The fraction of sp³-hybridized carbons (Fsp3) is 0.0192. The quantitative estimate of drug-likeness (QED) is 0.0754. The van der Waals surface area contributed by atoms with Crippen LogP contribution in [0.4, 0.5) is 22.0 Å². The number of rotatable bonds is 5. The fourth-order valence-electron chi connectivity index (χ4n) is 8.77. The summed E-state index contributed by atoms with van der Waals surface area (Å²) in [5.74, 6) is -8.96. The van der Waals surface area contributed by atoms with Crippen molar-refractivity contribution in [3.05, 3.63) is 198 Å². The van der Waals surface area contributed by atoms with Crippen molar-refractivity contribution in [1.29, 1.82) is 0 Å². The molecule has 0 saturated carbocycles. The van der Waals surface area contributed by atoms with Gasteiger partial charge in [-0.3, -0.25) is 0 Å². The van der Waals surface area contributed by atoms with Gasteiger partial charge in [0.1, 0.15) is 0 Å². The van der Waals surface area contributed by atoms with Crippen LogP contribution < -0.4 is 0 Å². The third kappa shape index (κ3) is 5.52. The number of nitrogens with zero attached hydrogens (tertiary/aromatic N) is 3. The van der Waals surface area contributed by atoms with Crippen LogP contribution in [0.5, 0.6) is 0 Å². The SMILES string of the molecule is Fc1c(F)c(F)c(-c2ccc(-c3nc(-c4ccc(-c5cccc6ccccc56)c5c4Cc4ccccc4-5)nc(-c4cc5ccccc5c5ccccc45)n3)cc2)c(F)c1F. The lowest BCUT2D eigenvalue weighted by atomic mass is 9.89. The van der Waals surface area contributed by atoms with Gasteiger partial charge in [0.05, 0.1) is 5.56 Å². The van der Waals surface area contributed by atoms with Crippen LogP contribution in [0.15, 0.2) is 158 Å². The average Bonchev–Trinajstić information content (AvgIpc) is 3.69. The number of hydrogen-bond acceptors (Lipinski definition) is 3. The van der Waals surface area contributed by atoms with E-state index in [4.69, 9.17) is 15.0 Å². The maximum atomic E-state index is 14.9. The molecule has 0 fully saturated rings. The van der Waals surface area contributed by atoms with E-state index in [0.717, 1.165) is 71.3 Å². The summed E-state index contributed by atoms with van der Waals surface area (Å²) in [6.07, 6.45) is 0.644. The third-order valence-corrected chi connectivity index (χ3v) is 11.6. The predicted octanol–water partition coefficient (Wildman–Crippen LogP) is 13.9. The molecule has 11 rings (SSSR count). The Labute approximate surface area is 340 Å². The first-order valence-electron chi connectivity index (χ1n) is 19.4. The van der Waals surface area contributed by atoms with Crippen LogP contribution >= 0.6 is 0 Å². The highest BCUT2D eigenvalue weighted by molar-refractivity contribution is 6.13. The molecule has 0 amide bonds. The van der Waals surface area contributed by atoms with Crippen LogP contribution in [0, 0.1) is 29.1 Å². The average molecular weight is 790 g/mol. The summed E-state index contributed by atoms with van der Waals surface area (Å²) in [5.41, 5.74) is 7.52. The molecule has 1 heterocycles. The summed E-state index contributed by atoms with van der Waals surface area (Å²) in [5, 5.41) is 6.32. The maximum absolute atomic E-state index is 14.9. The minimum Gasteiger partial charge on any atom is -0.208 e. The predicted molar refractivity (Wildman–Crippen MR) is 228 cm³/mol. The van der Waals surface area contributed by atoms with Crippen molar-refractivity contribution < 1.29 is 22.0 Å². The Morgan fingerprint density at radius 1 is 0.333 bits per heavy atom. The first-order valence-corrected chi connectivity index (χ1v) is 19.4. The van der Waals surface area contributed by atoms with Gasteiger partial charge in [-0.2, -0.15) is 0 Å². The van der Waals surface area contributed by atoms with Crippen LogP contribution in [0.2, 0.25) is 0 Å². The van der Waals surface area contributed by atoms with Crippen molar-refractivity contribution in [2.24, 2.45) is 0 Å². The molecular weight excluding hydrogens is 762 g/mol. The highest BCUT2D eigenvalue weighted by Gasteiger charge is 2.29. The molecule has 10 aromatic rings. The van der Waals surface area contributed by atoms with Crippen molar-refractivity contribution in [3.8, 4) is 67.5 Å². The first-order chi connectivity index (χ1) is 29.3. The normalized spacial score (nSPS) is 12.0. The lowest BCUT2D eigenvalue weighted by molar-refractivity contribution is 0.381. The molecule has 286 valence electrons. The topological polar surface area (TPSA) is 38.7 Å². The number of hydrogen-bond donors (Lipinski definition) is 0. The Balaban J connectivity index is 1.15. The summed E-state index contributed by atoms with van der Waals surface area (Å²) in [7, 11) is 0. The second-order valence-electron chi connectivity index (χ2n) is 14.9. The van der Waals surface area contributed by atoms with Crippen molar-refractivity contribution in [2.75, 3.05) is 0 Å². The van der Waals surface area contributed by atoms with E-state index in [1.165, 1.54) is 29.8 Å². The zero-order chi connectivity index (χ0) is 40.6. The van der Waals surface area contributed by atoms with Crippen LogP contribution in [0.3, 0.4) is 0 Å². The zero-order valence-electron chi connectivity index (χ0n) is 31.4. The molecule has 1 aliphatic carbocycles. The maximum Gasteiger partial charge on any atom is 0.200 e. The highest BCUT2D eigenvalue weighted by atomic mass is 19.2. The van der Waals surface area contributed by atoms with Gasteiger partial charge in [0.25, 0.3) is 0 Å². The first kappa shape index (κ1) is 35.6. The van der Waals surface area contributed by atoms with Gasteiger partial charge in [0.15, 0.2) is 40.7 Å². The zero-order valence-corrected chi connectivity index (χ0v) is 31.4. The number of fused-ring (bicyclic) bond motifs is 7. The summed E-state index contributed by atoms with van der Waals surface area (Å²) in [4.78, 5) is 15.3. The summed E-state index contributed by atoms with van der Waals surface area (Å²) in [6.45, 7) is 0. The smallest absolute Gasteiger partial charge is 0.200 e. The van der Waals surface area contributed by atoms with Gasteiger partial charge in [0, 0.05) is 16.7 Å². The minimum atomic E-state index is -2.21. The van der Waals surface area contributed by atoms with Crippen LogP contribution in [-0.2, 0) is 6.42 Å². The highest BCUT2D eigenvalue weighted by Crippen LogP contribution is 2.48. The van der Waals surface area contributed by atoms with E-state index in [9.17, 15) is 22.0 Å². The second kappa shape index (κ2) is 13.8. The van der Waals surface area contributed by atoms with Gasteiger partial charge in [-0.1, -0.05) is 152 Å². The molecule has 8 heteroatoms. The van der Waals surface area contributed by atoms with Crippen molar-refractivity contribution in [3.63, 3.8) is 0 Å². The number of benzene rings is 9. The largest absolute Gasteiger partial charge is 0.208 e. The van der Waals surface area contributed by atoms with Crippen molar-refractivity contribution in [2.45, 2.75) is 6.42 Å². The standard InChI is InChI=1S/C52H28F5N3/c53-45-43(46(54)48(56)49(57)47(45)55)29-20-22-30(23-21-29)50-58-51(60-52(59-50)42-27-31-11-2-5-15-34(31)36-17-7-8-18-38(36)42)40-25-24-39(37-19-9-13-28-10-1-4-14-33(28)37)44-35-16-6-3-12-32(35)26-41(40)44/h1-25,27H,26H2. The molecule has 0 bridgehead atoms. The van der Waals surface area contributed by atoms with Crippen LogP contribution in [-0.4, -0.2) is 15.0 Å². The number of halogens is 5. The van der Waals surface area contributed by atoms with Crippen LogP contribution in [0.25, 0.3) is 99.9 Å². The molecule has 9 aromatic carbocycles. The Morgan fingerprint density at radius 2 is 0.867 bits per heavy atom. The molecule has 1 aromatic heterocycles. The molecule has 3 nitrogen and oxygen atoms in total. The molecule has 0 aliphatic heterocycles. The van der Waals surface area contributed by atoms with Gasteiger partial charge in [-0.05, 0) is 83.7 Å². The van der Waals surface area contributed by atoms with Crippen molar-refractivity contribution >= 4 is 32.3 Å². The molecule has 0 radical (unpaired) electrons. The van der Waals surface area contributed by atoms with E-state index in [-0.39, 0.29) is 11.4 Å². The molecule has 0 atom stereocenters. The number of aromatic nitrogens is 3. The van der Waals surface area contributed by atoms with Gasteiger partial charge in [0.2, 0.25) is 5.82 Å².